The maximum atomic E-state index is 7.34. The number of aliphatic hydroxyl groups excluding tert-OH is 1. The summed E-state index contributed by atoms with van der Waals surface area (Å²) in [5.41, 5.74) is 0. The lowest BCUT2D eigenvalue weighted by molar-refractivity contribution is 0.386. The minimum absolute atomic E-state index is 1.000. The van der Waals surface area contributed by atoms with Crippen LogP contribution in [0.1, 0.15) is 0 Å². The van der Waals surface area contributed by atoms with Crippen molar-refractivity contribution < 1.29 is 10.2 Å². The van der Waals surface area contributed by atoms with Crippen molar-refractivity contribution in [1.82, 2.24) is 0 Å². The van der Waals surface area contributed by atoms with Crippen LogP contribution in [0.4, 0.5) is 0 Å². The molecule has 0 aliphatic rings. The monoisotopic (exact) mass is 106 g/mol. The van der Waals surface area contributed by atoms with Gasteiger partial charge in [0.2, 0.25) is 0 Å². The lowest BCUT2D eigenvalue weighted by Crippen LogP contribution is -1.80. The molecule has 0 saturated heterocycles. The van der Waals surface area contributed by atoms with Crippen LogP contribution < -0.4 is 0 Å². The van der Waals surface area contributed by atoms with Crippen molar-refractivity contribution in [2.45, 2.75) is 0 Å². The summed E-state index contributed by atoms with van der Waals surface area (Å²) in [6.45, 7) is 6.00. The SMILES string of the molecule is C=C.OC(O)=S. The molecule has 6 heavy (non-hydrogen) atoms. The molecule has 0 heterocycles. The molecule has 0 saturated carbocycles. The molecule has 0 fully saturated rings. The molecule has 2 N–H and O–H groups in total. The molecule has 3 heteroatoms. The molecule has 0 bridgehead atoms. The first-order chi connectivity index (χ1) is 2.73. The third-order valence-electron chi connectivity index (χ3n) is 0. The van der Waals surface area contributed by atoms with Gasteiger partial charge in [-0.2, -0.15) is 0 Å². The molecular weight excluding hydrogens is 100 g/mol. The average Bonchev–Trinajstić information content (AvgIpc) is 1.41. The Bertz CT molecular complexity index is 40.1. The van der Waals surface area contributed by atoms with Gasteiger partial charge >= 0.3 is 5.24 Å². The first-order valence-corrected chi connectivity index (χ1v) is 1.56. The van der Waals surface area contributed by atoms with Crippen molar-refractivity contribution >= 4 is 17.5 Å². The quantitative estimate of drug-likeness (QED) is 0.360. The molecule has 0 aliphatic carbocycles. The maximum absolute atomic E-state index is 7.34. The van der Waals surface area contributed by atoms with Gasteiger partial charge in [0, 0.05) is 12.2 Å². The van der Waals surface area contributed by atoms with Crippen LogP contribution in [0.2, 0.25) is 0 Å². The molecule has 0 radical (unpaired) electrons. The van der Waals surface area contributed by atoms with E-state index in [1.165, 1.54) is 0 Å². The Kier molecular flexibility index (Phi) is 13.3. The topological polar surface area (TPSA) is 40.5 Å². The highest BCUT2D eigenvalue weighted by molar-refractivity contribution is 7.79. The lowest BCUT2D eigenvalue weighted by atomic mass is 11.3. The Morgan fingerprint density at radius 1 is 1.33 bits per heavy atom. The van der Waals surface area contributed by atoms with Gasteiger partial charge in [0.05, 0.1) is 0 Å². The van der Waals surface area contributed by atoms with Gasteiger partial charge in [0.15, 0.2) is 0 Å². The highest BCUT2D eigenvalue weighted by Gasteiger charge is 1.62. The molecule has 0 aromatic carbocycles. The molecule has 0 spiro atoms. The Morgan fingerprint density at radius 2 is 1.33 bits per heavy atom. The lowest BCUT2D eigenvalue weighted by Gasteiger charge is -1.65. The summed E-state index contributed by atoms with van der Waals surface area (Å²) in [5, 5.41) is 13.7. The summed E-state index contributed by atoms with van der Waals surface area (Å²) in [6, 6.07) is 0. The summed E-state index contributed by atoms with van der Waals surface area (Å²) in [6.07, 6.45) is 0. The van der Waals surface area contributed by atoms with E-state index in [4.69, 9.17) is 10.2 Å². The van der Waals surface area contributed by atoms with Crippen LogP contribution in [-0.2, 0) is 0 Å². The van der Waals surface area contributed by atoms with Crippen LogP contribution in [0.5, 0.6) is 0 Å². The van der Waals surface area contributed by atoms with Crippen molar-refractivity contribution in [3.05, 3.63) is 13.2 Å². The summed E-state index contributed by atoms with van der Waals surface area (Å²) in [7, 11) is 0. The predicted molar refractivity (Wildman–Crippen MR) is 29.1 cm³/mol. The summed E-state index contributed by atoms with van der Waals surface area (Å²) < 4.78 is 0. The molecular formula is C3H6O2S. The summed E-state index contributed by atoms with van der Waals surface area (Å²) in [5.74, 6) is 0. The normalized spacial score (nSPS) is 4.67. The van der Waals surface area contributed by atoms with Crippen LogP contribution in [0.3, 0.4) is 0 Å². The Labute approximate surface area is 41.7 Å². The smallest absolute Gasteiger partial charge is 0.347 e. The fraction of sp³-hybridized carbons (Fsp3) is 0. The summed E-state index contributed by atoms with van der Waals surface area (Å²) >= 11 is 3.65. The zero-order valence-corrected chi connectivity index (χ0v) is 4.03. The van der Waals surface area contributed by atoms with Crippen LogP contribution in [0, 0.1) is 0 Å². The Balaban J connectivity index is 0. The van der Waals surface area contributed by atoms with Gasteiger partial charge in [-0.3, -0.25) is 0 Å². The van der Waals surface area contributed by atoms with Gasteiger partial charge in [-0.05, 0) is 0 Å². The van der Waals surface area contributed by atoms with Crippen molar-refractivity contribution in [3.63, 3.8) is 0 Å². The number of hydrogen-bond acceptors (Lipinski definition) is 1. The standard InChI is InChI=1S/C2H4.CH2O2S/c1-2;2-1(3)4/h1-2H2;(H2,2,3,4). The van der Waals surface area contributed by atoms with Crippen LogP contribution >= 0.6 is 12.2 Å². The van der Waals surface area contributed by atoms with Gasteiger partial charge in [-0.25, -0.2) is 0 Å². The molecule has 0 aromatic heterocycles. The van der Waals surface area contributed by atoms with Crippen molar-refractivity contribution in [2.75, 3.05) is 0 Å². The van der Waals surface area contributed by atoms with E-state index in [0.29, 0.717) is 0 Å². The zero-order valence-electron chi connectivity index (χ0n) is 3.22. The first-order valence-electron chi connectivity index (χ1n) is 1.15. The van der Waals surface area contributed by atoms with E-state index in [0.717, 1.165) is 0 Å². The van der Waals surface area contributed by atoms with E-state index in [1.54, 1.807) is 0 Å². The fourth-order valence-electron chi connectivity index (χ4n) is 0. The van der Waals surface area contributed by atoms with E-state index in [-0.39, 0.29) is 0 Å². The third kappa shape index (κ3) is 62.3. The molecule has 0 amide bonds. The number of rotatable bonds is 0. The van der Waals surface area contributed by atoms with E-state index in [1.807, 2.05) is 0 Å². The molecule has 0 aromatic rings. The molecule has 36 valence electrons. The fourth-order valence-corrected chi connectivity index (χ4v) is 0. The molecule has 2 nitrogen and oxygen atoms in total. The highest BCUT2D eigenvalue weighted by Crippen LogP contribution is 1.47. The minimum atomic E-state index is -1.000. The van der Waals surface area contributed by atoms with Crippen LogP contribution in [0.15, 0.2) is 13.2 Å². The average molecular weight is 106 g/mol. The second-order valence-electron chi connectivity index (χ2n) is 0.283. The molecule has 0 rings (SSSR count). The van der Waals surface area contributed by atoms with Gasteiger partial charge < -0.3 is 10.2 Å². The van der Waals surface area contributed by atoms with E-state index >= 15 is 0 Å². The molecule has 0 aliphatic heterocycles. The maximum Gasteiger partial charge on any atom is 0.347 e. The van der Waals surface area contributed by atoms with Gasteiger partial charge in [0.1, 0.15) is 0 Å². The van der Waals surface area contributed by atoms with Crippen molar-refractivity contribution in [1.29, 1.82) is 0 Å². The van der Waals surface area contributed by atoms with Crippen LogP contribution in [0.25, 0.3) is 0 Å². The van der Waals surface area contributed by atoms with E-state index in [2.05, 4.69) is 25.4 Å². The Morgan fingerprint density at radius 3 is 1.33 bits per heavy atom. The largest absolute Gasteiger partial charge is 0.473 e. The predicted octanol–water partition coefficient (Wildman–Crippen LogP) is 1.19. The molecule has 0 unspecified atom stereocenters. The van der Waals surface area contributed by atoms with Crippen molar-refractivity contribution in [2.24, 2.45) is 0 Å². The first kappa shape index (κ1) is 9.06. The minimum Gasteiger partial charge on any atom is -0.473 e. The second-order valence-corrected chi connectivity index (χ2v) is 0.648. The Hall–Kier alpha value is -0.570. The van der Waals surface area contributed by atoms with Gasteiger partial charge in [-0.1, -0.05) is 0 Å². The highest BCUT2D eigenvalue weighted by atomic mass is 32.1. The van der Waals surface area contributed by atoms with Gasteiger partial charge in [0.25, 0.3) is 0 Å². The second kappa shape index (κ2) is 8.83. The zero-order chi connectivity index (χ0) is 5.58. The van der Waals surface area contributed by atoms with E-state index < -0.39 is 5.24 Å². The number of aliphatic hydroxyl groups is 2. The number of hydrogen-bond donors (Lipinski definition) is 2. The third-order valence-corrected chi connectivity index (χ3v) is 0. The van der Waals surface area contributed by atoms with Crippen molar-refractivity contribution in [3.8, 4) is 0 Å². The van der Waals surface area contributed by atoms with Gasteiger partial charge in [-0.15, -0.1) is 13.2 Å². The number of thiocarbonyl (C=S) groups is 1. The van der Waals surface area contributed by atoms with Crippen LogP contribution in [-0.4, -0.2) is 15.4 Å². The van der Waals surface area contributed by atoms with E-state index in [9.17, 15) is 0 Å². The summed E-state index contributed by atoms with van der Waals surface area (Å²) in [4.78, 5) is 0. The molecule has 0 atom stereocenters.